The summed E-state index contributed by atoms with van der Waals surface area (Å²) in [5.41, 5.74) is 0. The van der Waals surface area contributed by atoms with Crippen LogP contribution in [0.4, 0.5) is 0 Å². The van der Waals surface area contributed by atoms with Gasteiger partial charge in [-0.2, -0.15) is 0 Å². The van der Waals surface area contributed by atoms with Gasteiger partial charge in [-0.25, -0.2) is 0 Å². The van der Waals surface area contributed by atoms with Crippen LogP contribution in [-0.4, -0.2) is 37.9 Å². The van der Waals surface area contributed by atoms with E-state index >= 15 is 0 Å². The van der Waals surface area contributed by atoms with Crippen molar-refractivity contribution < 1.29 is 23.8 Å². The van der Waals surface area contributed by atoms with E-state index in [0.29, 0.717) is 19.4 Å². The van der Waals surface area contributed by atoms with Crippen molar-refractivity contribution in [3.63, 3.8) is 0 Å². The summed E-state index contributed by atoms with van der Waals surface area (Å²) in [6.45, 7) is 7.41. The number of hydrogen-bond donors (Lipinski definition) is 0. The van der Waals surface area contributed by atoms with E-state index in [2.05, 4.69) is 185 Å². The third kappa shape index (κ3) is 59.8. The van der Waals surface area contributed by atoms with Crippen molar-refractivity contribution in [1.29, 1.82) is 0 Å². The monoisotopic (exact) mass is 1020 g/mol. The molecule has 0 saturated carbocycles. The van der Waals surface area contributed by atoms with Crippen molar-refractivity contribution in [1.82, 2.24) is 0 Å². The lowest BCUT2D eigenvalue weighted by molar-refractivity contribution is -0.162. The number of ether oxygens (including phenoxy) is 3. The summed E-state index contributed by atoms with van der Waals surface area (Å²) in [5.74, 6) is -0.549. The Balaban J connectivity index is 4.52. The van der Waals surface area contributed by atoms with Gasteiger partial charge in [0.05, 0.1) is 6.61 Å². The predicted octanol–water partition coefficient (Wildman–Crippen LogP) is 20.8. The number of carbonyl (C=O) groups excluding carboxylic acids is 2. The van der Waals surface area contributed by atoms with E-state index < -0.39 is 6.10 Å². The number of carbonyl (C=O) groups is 2. The first-order chi connectivity index (χ1) is 36.6. The van der Waals surface area contributed by atoms with Gasteiger partial charge in [-0.05, 0) is 141 Å². The summed E-state index contributed by atoms with van der Waals surface area (Å²) >= 11 is 0. The first kappa shape index (κ1) is 69.3. The van der Waals surface area contributed by atoms with Gasteiger partial charge >= 0.3 is 11.9 Å². The minimum atomic E-state index is -0.606. The number of hydrogen-bond acceptors (Lipinski definition) is 5. The first-order valence-electron chi connectivity index (χ1n) is 29.7. The largest absolute Gasteiger partial charge is 0.462 e. The van der Waals surface area contributed by atoms with Crippen LogP contribution in [0.25, 0.3) is 0 Å². The Hall–Kier alpha value is -4.74. The average Bonchev–Trinajstić information content (AvgIpc) is 3.40. The van der Waals surface area contributed by atoms with Crippen LogP contribution in [0.1, 0.15) is 226 Å². The summed E-state index contributed by atoms with van der Waals surface area (Å²) < 4.78 is 17.4. The summed E-state index contributed by atoms with van der Waals surface area (Å²) in [7, 11) is 0. The maximum Gasteiger partial charge on any atom is 0.306 e. The van der Waals surface area contributed by atoms with Gasteiger partial charge in [0.15, 0.2) is 6.10 Å². The molecule has 0 saturated heterocycles. The summed E-state index contributed by atoms with van der Waals surface area (Å²) in [6.07, 6.45) is 93.9. The molecule has 0 aliphatic heterocycles. The van der Waals surface area contributed by atoms with Crippen molar-refractivity contribution in [2.45, 2.75) is 232 Å². The lowest BCUT2D eigenvalue weighted by Gasteiger charge is -2.18. The predicted molar refractivity (Wildman–Crippen MR) is 324 cm³/mol. The molecule has 0 aromatic rings. The second-order valence-corrected chi connectivity index (χ2v) is 18.8. The molecule has 0 amide bonds. The number of esters is 2. The fraction of sp³-hybridized carbons (Fsp3) is 0.565. The minimum absolute atomic E-state index is 0.0150. The third-order valence-electron chi connectivity index (χ3n) is 11.7. The zero-order chi connectivity index (χ0) is 53.4. The smallest absolute Gasteiger partial charge is 0.306 e. The highest BCUT2D eigenvalue weighted by atomic mass is 16.6. The molecule has 414 valence electrons. The Morgan fingerprint density at radius 2 is 0.635 bits per heavy atom. The van der Waals surface area contributed by atoms with Gasteiger partial charge < -0.3 is 14.2 Å². The molecule has 74 heavy (non-hydrogen) atoms. The summed E-state index contributed by atoms with van der Waals surface area (Å²) in [5, 5.41) is 0. The number of rotatable bonds is 52. The molecule has 5 heteroatoms. The molecule has 0 bridgehead atoms. The fourth-order valence-electron chi connectivity index (χ4n) is 7.39. The molecule has 1 atom stereocenters. The third-order valence-corrected chi connectivity index (χ3v) is 11.7. The standard InChI is InChI=1S/C69H108O5/c1-4-7-10-13-16-19-22-25-28-31-34-37-40-43-46-49-52-55-58-61-64-72-65-67(74-69(71)63-60-57-54-51-48-45-42-39-36-33-30-27-24-21-18-15-12-9-6-3)66-73-68(70)62-59-56-53-50-47-44-41-38-35-32-29-26-23-20-17-14-11-8-5-2/h8-9,11-12,16-21,25-30,34-39,44-45,47-48,53,56,67H,4-7,10,13-15,22-24,31-33,40-43,46,49-52,54-55,57-66H2,1-3H3/b11-8-,12-9-,19-16-,20-17-,21-18-,28-25-,29-26-,30-27-,37-34-,38-35-,39-36-,47-44-,48-45-,56-53-. The molecule has 0 radical (unpaired) electrons. The normalized spacial score (nSPS) is 13.5. The molecular formula is C69H108O5. The maximum atomic E-state index is 12.9. The van der Waals surface area contributed by atoms with Crippen LogP contribution >= 0.6 is 0 Å². The first-order valence-corrected chi connectivity index (χ1v) is 29.7. The highest BCUT2D eigenvalue weighted by Crippen LogP contribution is 2.12. The zero-order valence-electron chi connectivity index (χ0n) is 47.5. The molecule has 0 rings (SSSR count). The quantitative estimate of drug-likeness (QED) is 0.0345. The molecule has 0 spiro atoms. The number of allylic oxidation sites excluding steroid dienone is 28. The molecule has 0 aliphatic carbocycles. The lowest BCUT2D eigenvalue weighted by Crippen LogP contribution is -2.30. The number of unbranched alkanes of at least 4 members (excludes halogenated alkanes) is 13. The molecule has 1 unspecified atom stereocenters. The Morgan fingerprint density at radius 3 is 1.03 bits per heavy atom. The topological polar surface area (TPSA) is 61.8 Å². The minimum Gasteiger partial charge on any atom is -0.462 e. The highest BCUT2D eigenvalue weighted by molar-refractivity contribution is 5.70. The maximum absolute atomic E-state index is 12.9. The van der Waals surface area contributed by atoms with Crippen LogP contribution < -0.4 is 0 Å². The van der Waals surface area contributed by atoms with Gasteiger partial charge in [0.25, 0.3) is 0 Å². The molecule has 0 heterocycles. The van der Waals surface area contributed by atoms with Gasteiger partial charge in [-0.3, -0.25) is 9.59 Å². The van der Waals surface area contributed by atoms with E-state index in [0.717, 1.165) is 128 Å². The average molecular weight is 1020 g/mol. The van der Waals surface area contributed by atoms with Gasteiger partial charge in [0, 0.05) is 19.4 Å². The Kier molecular flexibility index (Phi) is 58.5. The second-order valence-electron chi connectivity index (χ2n) is 18.8. The van der Waals surface area contributed by atoms with Crippen molar-refractivity contribution in [3.05, 3.63) is 170 Å². The van der Waals surface area contributed by atoms with Crippen LogP contribution in [0, 0.1) is 0 Å². The molecule has 0 aromatic heterocycles. The van der Waals surface area contributed by atoms with Gasteiger partial charge in [-0.15, -0.1) is 0 Å². The second kappa shape index (κ2) is 62.6. The van der Waals surface area contributed by atoms with E-state index in [1.807, 2.05) is 6.08 Å². The highest BCUT2D eigenvalue weighted by Gasteiger charge is 2.17. The Morgan fingerprint density at radius 1 is 0.311 bits per heavy atom. The van der Waals surface area contributed by atoms with E-state index in [1.165, 1.54) is 57.8 Å². The summed E-state index contributed by atoms with van der Waals surface area (Å²) in [6, 6.07) is 0. The molecule has 0 fully saturated rings. The Bertz CT molecular complexity index is 1670. The van der Waals surface area contributed by atoms with E-state index in [4.69, 9.17) is 14.2 Å². The molecule has 0 aromatic carbocycles. The van der Waals surface area contributed by atoms with Crippen molar-refractivity contribution >= 4 is 11.9 Å². The van der Waals surface area contributed by atoms with Crippen LogP contribution in [0.15, 0.2) is 170 Å². The SMILES string of the molecule is CC/C=C\C/C=C\C/C=C\C/C=C\C/C=C\C/C=C\CCC(=O)OCC(COCCCCCCCCC/C=C\C/C=C\C/C=C\CCCCC)OC(=O)CCCCC/C=C\C/C=C\C/C=C\C/C=C\C/C=C\CC. The lowest BCUT2D eigenvalue weighted by atomic mass is 10.1. The fourth-order valence-corrected chi connectivity index (χ4v) is 7.39. The van der Waals surface area contributed by atoms with Crippen molar-refractivity contribution in [3.8, 4) is 0 Å². The van der Waals surface area contributed by atoms with Crippen LogP contribution in [0.2, 0.25) is 0 Å². The van der Waals surface area contributed by atoms with E-state index in [9.17, 15) is 9.59 Å². The molecule has 0 N–H and O–H groups in total. The van der Waals surface area contributed by atoms with Crippen LogP contribution in [0.5, 0.6) is 0 Å². The molecular weight excluding hydrogens is 909 g/mol. The van der Waals surface area contributed by atoms with E-state index in [-0.39, 0.29) is 31.6 Å². The summed E-state index contributed by atoms with van der Waals surface area (Å²) in [4.78, 5) is 25.5. The van der Waals surface area contributed by atoms with Crippen LogP contribution in [-0.2, 0) is 23.8 Å². The van der Waals surface area contributed by atoms with Gasteiger partial charge in [0.2, 0.25) is 0 Å². The van der Waals surface area contributed by atoms with Crippen LogP contribution in [0.3, 0.4) is 0 Å². The zero-order valence-corrected chi connectivity index (χ0v) is 47.5. The van der Waals surface area contributed by atoms with Crippen molar-refractivity contribution in [2.24, 2.45) is 0 Å². The van der Waals surface area contributed by atoms with Gasteiger partial charge in [0.1, 0.15) is 6.61 Å². The molecule has 0 aliphatic rings. The molecule has 5 nitrogen and oxygen atoms in total. The van der Waals surface area contributed by atoms with Gasteiger partial charge in [-0.1, -0.05) is 242 Å². The van der Waals surface area contributed by atoms with Crippen molar-refractivity contribution in [2.75, 3.05) is 19.8 Å². The van der Waals surface area contributed by atoms with E-state index in [1.54, 1.807) is 0 Å². The Labute approximate surface area is 456 Å².